The van der Waals surface area contributed by atoms with E-state index in [1.807, 2.05) is 45.0 Å². The molecule has 2 aromatic rings. The van der Waals surface area contributed by atoms with Crippen LogP contribution in [-0.2, 0) is 33.4 Å². The second-order valence-corrected chi connectivity index (χ2v) is 14.3. The average Bonchev–Trinajstić information content (AvgIpc) is 3.50. The number of carbonyl (C=O) groups is 4. The van der Waals surface area contributed by atoms with E-state index >= 15 is 9.59 Å². The molecule has 4 aliphatic rings. The highest BCUT2D eigenvalue weighted by atomic mass is 35.5. The van der Waals surface area contributed by atoms with Crippen molar-refractivity contribution in [1.82, 2.24) is 10.2 Å². The Kier molecular flexibility index (Phi) is 11.0. The van der Waals surface area contributed by atoms with E-state index in [-0.39, 0.29) is 31.4 Å². The molecule has 0 aromatic heterocycles. The molecule has 4 heterocycles. The molecule has 2 N–H and O–H groups in total. The lowest BCUT2D eigenvalue weighted by Crippen LogP contribution is -2.59. The summed E-state index contributed by atoms with van der Waals surface area (Å²) in [4.78, 5) is 60.9. The van der Waals surface area contributed by atoms with Crippen molar-refractivity contribution in [2.45, 2.75) is 76.0 Å². The zero-order chi connectivity index (χ0) is 36.4. The maximum Gasteiger partial charge on any atom is 0.313 e. The third-order valence-corrected chi connectivity index (χ3v) is 11.1. The molecule has 2 saturated heterocycles. The zero-order valence-electron chi connectivity index (χ0n) is 29.4. The molecule has 2 aromatic carbocycles. The fourth-order valence-corrected chi connectivity index (χ4v) is 8.49. The summed E-state index contributed by atoms with van der Waals surface area (Å²) in [5.74, 6) is -4.36. The van der Waals surface area contributed by atoms with Crippen LogP contribution in [0.1, 0.15) is 50.3 Å². The van der Waals surface area contributed by atoms with Crippen molar-refractivity contribution in [3.63, 3.8) is 0 Å². The summed E-state index contributed by atoms with van der Waals surface area (Å²) in [6.45, 7) is 5.55. The van der Waals surface area contributed by atoms with Gasteiger partial charge < -0.3 is 34.4 Å². The molecule has 0 bridgehead atoms. The summed E-state index contributed by atoms with van der Waals surface area (Å²) in [6, 6.07) is 11.7. The minimum atomic E-state index is -1.58. The topological polar surface area (TPSA) is 135 Å². The molecule has 6 rings (SSSR count). The standard InChI is InChI=1S/C39H46ClN3O8/c1-5-23(2)28(21-44)43-35-37(47)42(33-24(3)13-11-16-26(33)40)20-12-19-39(35)32(36(43)46)31-29(51-39)17-9-10-18-30(45)41-27(22-49-4)34(50-38(31)48)25-14-7-6-8-15-25/h6-9,11-17,19,23,27-29,31-32,34-35,44H,5,10,18,20-22H2,1-4H3,(H,41,45)/b17-9-/t23-,27-,28-,29-,31+,32+,34-,35-,39+/m0/s1. The number of para-hydroxylation sites is 1. The van der Waals surface area contributed by atoms with Gasteiger partial charge in [-0.25, -0.2) is 0 Å². The predicted molar refractivity (Wildman–Crippen MR) is 191 cm³/mol. The van der Waals surface area contributed by atoms with Crippen molar-refractivity contribution in [3.05, 3.63) is 89.0 Å². The second kappa shape index (κ2) is 15.3. The highest BCUT2D eigenvalue weighted by Gasteiger charge is 2.73. The summed E-state index contributed by atoms with van der Waals surface area (Å²) in [6.07, 6.45) is 6.20. The first kappa shape index (κ1) is 36.8. The van der Waals surface area contributed by atoms with E-state index < -0.39 is 72.2 Å². The lowest BCUT2D eigenvalue weighted by molar-refractivity contribution is -0.163. The van der Waals surface area contributed by atoms with Gasteiger partial charge in [-0.05, 0) is 36.5 Å². The number of cyclic esters (lactones) is 1. The number of amides is 3. The summed E-state index contributed by atoms with van der Waals surface area (Å²) < 4.78 is 18.7. The van der Waals surface area contributed by atoms with E-state index in [2.05, 4.69) is 5.32 Å². The normalized spacial score (nSPS) is 31.3. The quantitative estimate of drug-likeness (QED) is 0.305. The number of hydrogen-bond donors (Lipinski definition) is 2. The smallest absolute Gasteiger partial charge is 0.313 e. The van der Waals surface area contributed by atoms with E-state index in [1.54, 1.807) is 53.5 Å². The van der Waals surface area contributed by atoms with Crippen molar-refractivity contribution >= 4 is 41.0 Å². The molecule has 0 aliphatic carbocycles. The van der Waals surface area contributed by atoms with Gasteiger partial charge in [0.1, 0.15) is 23.7 Å². The maximum absolute atomic E-state index is 15.0. The number of ether oxygens (including phenoxy) is 3. The Balaban J connectivity index is 1.50. The Hall–Kier alpha value is -4.03. The van der Waals surface area contributed by atoms with Crippen LogP contribution in [0.15, 0.2) is 72.8 Å². The van der Waals surface area contributed by atoms with Gasteiger partial charge >= 0.3 is 5.97 Å². The number of likely N-dealkylation sites (tertiary alicyclic amines) is 1. The van der Waals surface area contributed by atoms with Crippen molar-refractivity contribution in [1.29, 1.82) is 0 Å². The number of aryl methyl sites for hydroxylation is 1. The van der Waals surface area contributed by atoms with E-state index in [4.69, 9.17) is 25.8 Å². The van der Waals surface area contributed by atoms with Gasteiger partial charge in [0.25, 0.3) is 5.91 Å². The van der Waals surface area contributed by atoms with Crippen LogP contribution in [0.25, 0.3) is 0 Å². The molecular weight excluding hydrogens is 674 g/mol. The first-order chi connectivity index (χ1) is 24.6. The number of halogens is 1. The number of methoxy groups -OCH3 is 1. The van der Waals surface area contributed by atoms with E-state index in [1.165, 1.54) is 12.0 Å². The van der Waals surface area contributed by atoms with Crippen LogP contribution in [0, 0.1) is 24.7 Å². The largest absolute Gasteiger partial charge is 0.455 e. The van der Waals surface area contributed by atoms with Crippen molar-refractivity contribution in [2.24, 2.45) is 17.8 Å². The number of rotatable bonds is 8. The highest BCUT2D eigenvalue weighted by Crippen LogP contribution is 2.54. The number of benzene rings is 2. The Morgan fingerprint density at radius 2 is 1.84 bits per heavy atom. The summed E-state index contributed by atoms with van der Waals surface area (Å²) in [5, 5.41) is 14.1. The first-order valence-corrected chi connectivity index (χ1v) is 18.0. The van der Waals surface area contributed by atoms with E-state index in [0.29, 0.717) is 29.1 Å². The lowest BCUT2D eigenvalue weighted by Gasteiger charge is -2.40. The fourth-order valence-electron chi connectivity index (χ4n) is 8.17. The molecule has 9 atom stereocenters. The number of esters is 1. The van der Waals surface area contributed by atoms with Gasteiger partial charge in [-0.3, -0.25) is 19.2 Å². The summed E-state index contributed by atoms with van der Waals surface area (Å²) in [7, 11) is 1.50. The van der Waals surface area contributed by atoms with Crippen LogP contribution >= 0.6 is 11.6 Å². The molecule has 51 heavy (non-hydrogen) atoms. The van der Waals surface area contributed by atoms with Crippen molar-refractivity contribution < 1.29 is 38.5 Å². The van der Waals surface area contributed by atoms with Gasteiger partial charge in [0.15, 0.2) is 0 Å². The van der Waals surface area contributed by atoms with Crippen LogP contribution in [-0.4, -0.2) is 90.4 Å². The number of aliphatic hydroxyl groups excluding tert-OH is 1. The number of nitrogens with zero attached hydrogens (tertiary/aromatic N) is 2. The molecule has 11 nitrogen and oxygen atoms in total. The highest BCUT2D eigenvalue weighted by molar-refractivity contribution is 6.34. The van der Waals surface area contributed by atoms with E-state index in [9.17, 15) is 14.7 Å². The van der Waals surface area contributed by atoms with E-state index in [0.717, 1.165) is 5.56 Å². The van der Waals surface area contributed by atoms with Gasteiger partial charge in [-0.2, -0.15) is 0 Å². The number of anilines is 1. The van der Waals surface area contributed by atoms with Gasteiger partial charge in [0.2, 0.25) is 11.8 Å². The number of fused-ring (bicyclic) bond motifs is 2. The van der Waals surface area contributed by atoms with Gasteiger partial charge in [0, 0.05) is 20.1 Å². The molecule has 272 valence electrons. The molecule has 0 unspecified atom stereocenters. The molecule has 4 aliphatic heterocycles. The summed E-state index contributed by atoms with van der Waals surface area (Å²) in [5.41, 5.74) is 0.339. The van der Waals surface area contributed by atoms with Crippen LogP contribution in [0.4, 0.5) is 5.69 Å². The van der Waals surface area contributed by atoms with Gasteiger partial charge in [-0.1, -0.05) is 98.6 Å². The Bertz CT molecular complexity index is 1680. The number of carbonyl (C=O) groups excluding carboxylic acids is 4. The molecule has 0 radical (unpaired) electrons. The third-order valence-electron chi connectivity index (χ3n) is 10.8. The molecule has 0 saturated carbocycles. The minimum absolute atomic E-state index is 0.0583. The van der Waals surface area contributed by atoms with Gasteiger partial charge in [0.05, 0.1) is 48.0 Å². The fraction of sp³-hybridized carbons (Fsp3) is 0.487. The second-order valence-electron chi connectivity index (χ2n) is 13.8. The summed E-state index contributed by atoms with van der Waals surface area (Å²) >= 11 is 6.70. The van der Waals surface area contributed by atoms with Crippen LogP contribution in [0.3, 0.4) is 0 Å². The van der Waals surface area contributed by atoms with Crippen LogP contribution in [0.5, 0.6) is 0 Å². The monoisotopic (exact) mass is 719 g/mol. The Morgan fingerprint density at radius 1 is 1.08 bits per heavy atom. The van der Waals surface area contributed by atoms with Crippen molar-refractivity contribution in [2.75, 3.05) is 31.8 Å². The predicted octanol–water partition coefficient (Wildman–Crippen LogP) is 4.30. The number of hydrogen-bond acceptors (Lipinski definition) is 8. The lowest BCUT2D eigenvalue weighted by atomic mass is 9.77. The minimum Gasteiger partial charge on any atom is -0.455 e. The molecular formula is C39H46ClN3O8. The molecule has 2 fully saturated rings. The molecule has 12 heteroatoms. The molecule has 1 spiro atoms. The zero-order valence-corrected chi connectivity index (χ0v) is 30.1. The molecule has 3 amide bonds. The Morgan fingerprint density at radius 3 is 2.53 bits per heavy atom. The average molecular weight is 720 g/mol. The number of allylic oxidation sites excluding steroid dienone is 1. The van der Waals surface area contributed by atoms with Crippen molar-refractivity contribution in [3.8, 4) is 0 Å². The van der Waals surface area contributed by atoms with Crippen LogP contribution < -0.4 is 10.2 Å². The maximum atomic E-state index is 15.0. The number of nitrogens with one attached hydrogen (secondary N) is 1. The van der Waals surface area contributed by atoms with Gasteiger partial charge in [-0.15, -0.1) is 0 Å². The SMILES string of the molecule is CC[C@H](C)[C@H](CO)N1C(=O)[C@H]2[C@@H]3C(=O)O[C@@H](c4ccccc4)[C@H](COC)NC(=O)CC/C=C\[C@@H]3O[C@]23C=CCN(c2c(C)cccc2Cl)C(=O)[C@H]13. The van der Waals surface area contributed by atoms with Crippen LogP contribution in [0.2, 0.25) is 5.02 Å². The number of aliphatic hydroxyl groups is 1. The first-order valence-electron chi connectivity index (χ1n) is 17.6. The Labute approximate surface area is 303 Å². The third kappa shape index (κ3) is 6.61.